The first-order chi connectivity index (χ1) is 7.33. The Hall–Kier alpha value is -1.62. The van der Waals surface area contributed by atoms with Crippen LogP contribution in [0.15, 0.2) is 28.3 Å². The summed E-state index contributed by atoms with van der Waals surface area (Å²) >= 11 is 1.49. The van der Waals surface area contributed by atoms with E-state index in [9.17, 15) is 4.79 Å². The SMILES string of the molecule is CCOC(=O)c1ncoc1-c1cccs1. The summed E-state index contributed by atoms with van der Waals surface area (Å²) < 4.78 is 10.0. The molecule has 2 rings (SSSR count). The lowest BCUT2D eigenvalue weighted by molar-refractivity contribution is 0.0520. The highest BCUT2D eigenvalue weighted by atomic mass is 32.1. The van der Waals surface area contributed by atoms with E-state index in [0.717, 1.165) is 4.88 Å². The Morgan fingerprint density at radius 1 is 1.67 bits per heavy atom. The van der Waals surface area contributed by atoms with E-state index in [-0.39, 0.29) is 5.69 Å². The number of ether oxygens (including phenoxy) is 1. The van der Waals surface area contributed by atoms with Gasteiger partial charge in [0, 0.05) is 0 Å². The lowest BCUT2D eigenvalue weighted by atomic mass is 10.3. The van der Waals surface area contributed by atoms with E-state index < -0.39 is 5.97 Å². The average Bonchev–Trinajstić information content (AvgIpc) is 2.88. The number of hydrogen-bond acceptors (Lipinski definition) is 5. The molecule has 0 spiro atoms. The predicted octanol–water partition coefficient (Wildman–Crippen LogP) is 2.58. The van der Waals surface area contributed by atoms with Crippen molar-refractivity contribution in [2.45, 2.75) is 6.92 Å². The molecular weight excluding hydrogens is 214 g/mol. The van der Waals surface area contributed by atoms with E-state index in [1.54, 1.807) is 6.92 Å². The zero-order chi connectivity index (χ0) is 10.7. The van der Waals surface area contributed by atoms with Crippen LogP contribution < -0.4 is 0 Å². The molecule has 5 heteroatoms. The van der Waals surface area contributed by atoms with E-state index in [2.05, 4.69) is 4.98 Å². The number of nitrogens with zero attached hydrogens (tertiary/aromatic N) is 1. The van der Waals surface area contributed by atoms with Crippen LogP contribution in [0.2, 0.25) is 0 Å². The molecule has 0 radical (unpaired) electrons. The highest BCUT2D eigenvalue weighted by Crippen LogP contribution is 2.27. The molecule has 0 aliphatic rings. The second kappa shape index (κ2) is 4.27. The maximum absolute atomic E-state index is 11.5. The highest BCUT2D eigenvalue weighted by Gasteiger charge is 2.19. The average molecular weight is 223 g/mol. The Balaban J connectivity index is 2.34. The van der Waals surface area contributed by atoms with Crippen molar-refractivity contribution in [2.24, 2.45) is 0 Å². The predicted molar refractivity (Wildman–Crippen MR) is 55.8 cm³/mol. The van der Waals surface area contributed by atoms with E-state index in [0.29, 0.717) is 12.4 Å². The molecule has 0 unspecified atom stereocenters. The van der Waals surface area contributed by atoms with Crippen LogP contribution in [0.5, 0.6) is 0 Å². The second-order valence-corrected chi connectivity index (χ2v) is 3.68. The number of hydrogen-bond donors (Lipinski definition) is 0. The molecule has 0 aromatic carbocycles. The normalized spacial score (nSPS) is 10.2. The minimum absolute atomic E-state index is 0.235. The van der Waals surface area contributed by atoms with Crippen LogP contribution in [-0.4, -0.2) is 17.6 Å². The van der Waals surface area contributed by atoms with E-state index in [1.807, 2.05) is 17.5 Å². The third kappa shape index (κ3) is 1.92. The van der Waals surface area contributed by atoms with Crippen molar-refractivity contribution in [3.05, 3.63) is 29.6 Å². The molecule has 0 aliphatic carbocycles. The van der Waals surface area contributed by atoms with Gasteiger partial charge in [-0.15, -0.1) is 11.3 Å². The fourth-order valence-electron chi connectivity index (χ4n) is 1.17. The monoisotopic (exact) mass is 223 g/mol. The Kier molecular flexibility index (Phi) is 2.82. The summed E-state index contributed by atoms with van der Waals surface area (Å²) in [6, 6.07) is 3.76. The zero-order valence-corrected chi connectivity index (χ0v) is 8.91. The first-order valence-corrected chi connectivity index (χ1v) is 5.35. The number of rotatable bonds is 3. The van der Waals surface area contributed by atoms with Gasteiger partial charge in [-0.1, -0.05) is 6.07 Å². The topological polar surface area (TPSA) is 52.3 Å². The molecule has 0 bridgehead atoms. The molecule has 0 amide bonds. The van der Waals surface area contributed by atoms with Gasteiger partial charge in [-0.05, 0) is 18.4 Å². The van der Waals surface area contributed by atoms with E-state index in [1.165, 1.54) is 17.7 Å². The fourth-order valence-corrected chi connectivity index (χ4v) is 1.89. The second-order valence-electron chi connectivity index (χ2n) is 2.73. The van der Waals surface area contributed by atoms with Crippen LogP contribution in [-0.2, 0) is 4.74 Å². The third-order valence-electron chi connectivity index (χ3n) is 1.78. The summed E-state index contributed by atoms with van der Waals surface area (Å²) in [4.78, 5) is 16.2. The first-order valence-electron chi connectivity index (χ1n) is 4.47. The summed E-state index contributed by atoms with van der Waals surface area (Å²) in [6.07, 6.45) is 1.25. The van der Waals surface area contributed by atoms with Crippen LogP contribution in [0.1, 0.15) is 17.4 Å². The Morgan fingerprint density at radius 2 is 2.53 bits per heavy atom. The van der Waals surface area contributed by atoms with Crippen LogP contribution >= 0.6 is 11.3 Å². The summed E-state index contributed by atoms with van der Waals surface area (Å²) in [7, 11) is 0. The minimum Gasteiger partial charge on any atom is -0.461 e. The summed E-state index contributed by atoms with van der Waals surface area (Å²) in [5.41, 5.74) is 0.235. The molecule has 0 N–H and O–H groups in total. The number of carbonyl (C=O) groups is 1. The largest absolute Gasteiger partial charge is 0.461 e. The smallest absolute Gasteiger partial charge is 0.361 e. The van der Waals surface area contributed by atoms with Crippen LogP contribution in [0, 0.1) is 0 Å². The molecule has 0 aliphatic heterocycles. The van der Waals surface area contributed by atoms with Crippen LogP contribution in [0.4, 0.5) is 0 Å². The quantitative estimate of drug-likeness (QED) is 0.750. The van der Waals surface area contributed by atoms with Gasteiger partial charge in [0.2, 0.25) is 0 Å². The van der Waals surface area contributed by atoms with Gasteiger partial charge >= 0.3 is 5.97 Å². The highest BCUT2D eigenvalue weighted by molar-refractivity contribution is 7.13. The Labute approximate surface area is 90.5 Å². The Bertz CT molecular complexity index is 447. The van der Waals surface area contributed by atoms with Gasteiger partial charge in [0.25, 0.3) is 0 Å². The molecule has 15 heavy (non-hydrogen) atoms. The fraction of sp³-hybridized carbons (Fsp3) is 0.200. The molecule has 78 valence electrons. The first kappa shape index (κ1) is 9.92. The molecule has 4 nitrogen and oxygen atoms in total. The van der Waals surface area contributed by atoms with Gasteiger partial charge in [0.15, 0.2) is 17.8 Å². The van der Waals surface area contributed by atoms with Crippen molar-refractivity contribution >= 4 is 17.3 Å². The Morgan fingerprint density at radius 3 is 3.20 bits per heavy atom. The molecule has 2 heterocycles. The lowest BCUT2D eigenvalue weighted by Crippen LogP contribution is -2.05. The summed E-state index contributed by atoms with van der Waals surface area (Å²) in [5, 5.41) is 1.91. The van der Waals surface area contributed by atoms with E-state index in [4.69, 9.17) is 9.15 Å². The minimum atomic E-state index is -0.449. The molecule has 0 saturated carbocycles. The number of aromatic nitrogens is 1. The molecule has 0 saturated heterocycles. The number of thiophene rings is 1. The molecule has 2 aromatic heterocycles. The van der Waals surface area contributed by atoms with Gasteiger partial charge in [-0.25, -0.2) is 9.78 Å². The van der Waals surface area contributed by atoms with Crippen molar-refractivity contribution in [3.63, 3.8) is 0 Å². The molecule has 2 aromatic rings. The third-order valence-corrected chi connectivity index (χ3v) is 2.65. The van der Waals surface area contributed by atoms with Gasteiger partial charge in [-0.3, -0.25) is 0 Å². The number of oxazole rings is 1. The molecule has 0 fully saturated rings. The maximum Gasteiger partial charge on any atom is 0.361 e. The van der Waals surface area contributed by atoms with Crippen LogP contribution in [0.3, 0.4) is 0 Å². The van der Waals surface area contributed by atoms with Gasteiger partial charge in [0.05, 0.1) is 11.5 Å². The van der Waals surface area contributed by atoms with Gasteiger partial charge in [-0.2, -0.15) is 0 Å². The molecular formula is C10H9NO3S. The van der Waals surface area contributed by atoms with Gasteiger partial charge < -0.3 is 9.15 Å². The lowest BCUT2D eigenvalue weighted by Gasteiger charge is -1.98. The van der Waals surface area contributed by atoms with Crippen LogP contribution in [0.25, 0.3) is 10.6 Å². The van der Waals surface area contributed by atoms with Crippen molar-refractivity contribution in [1.82, 2.24) is 4.98 Å². The molecule has 0 atom stereocenters. The van der Waals surface area contributed by atoms with Crippen molar-refractivity contribution in [3.8, 4) is 10.6 Å². The van der Waals surface area contributed by atoms with Crippen molar-refractivity contribution < 1.29 is 13.9 Å². The maximum atomic E-state index is 11.5. The summed E-state index contributed by atoms with van der Waals surface area (Å²) in [5.74, 6) is 0.0260. The zero-order valence-electron chi connectivity index (χ0n) is 8.10. The van der Waals surface area contributed by atoms with E-state index >= 15 is 0 Å². The van der Waals surface area contributed by atoms with Crippen molar-refractivity contribution in [1.29, 1.82) is 0 Å². The summed E-state index contributed by atoms with van der Waals surface area (Å²) in [6.45, 7) is 2.08. The van der Waals surface area contributed by atoms with Crippen molar-refractivity contribution in [2.75, 3.05) is 6.61 Å². The standard InChI is InChI=1S/C10H9NO3S/c1-2-13-10(12)8-9(14-6-11-8)7-4-3-5-15-7/h3-6H,2H2,1H3. The van der Waals surface area contributed by atoms with Gasteiger partial charge in [0.1, 0.15) is 0 Å². The number of carbonyl (C=O) groups excluding carboxylic acids is 1. The number of esters is 1.